The minimum atomic E-state index is -2.55. The van der Waals surface area contributed by atoms with Gasteiger partial charge in [0.15, 0.2) is 0 Å². The third-order valence-electron chi connectivity index (χ3n) is 3.01. The van der Waals surface area contributed by atoms with Crippen molar-refractivity contribution in [1.29, 1.82) is 0 Å². The Morgan fingerprint density at radius 3 is 2.20 bits per heavy atom. The van der Waals surface area contributed by atoms with E-state index in [1.807, 2.05) is 30.3 Å². The summed E-state index contributed by atoms with van der Waals surface area (Å²) in [6.07, 6.45) is 0.949. The number of hydrogen-bond donors (Lipinski definition) is 0. The minimum Gasteiger partial charge on any atom is -0.465 e. The lowest BCUT2D eigenvalue weighted by Crippen LogP contribution is -2.42. The van der Waals surface area contributed by atoms with Crippen LogP contribution < -0.4 is 0 Å². The number of carbonyl (C=O) groups excluding carboxylic acids is 1. The summed E-state index contributed by atoms with van der Waals surface area (Å²) in [5.41, 5.74) is 0.951. The molecule has 0 fully saturated rings. The molecular weight excluding hydrogens is 276 g/mol. The molecule has 20 heavy (non-hydrogen) atoms. The number of ether oxygens (including phenoxy) is 1. The van der Waals surface area contributed by atoms with Crippen molar-refractivity contribution in [3.8, 4) is 0 Å². The fourth-order valence-electron chi connectivity index (χ4n) is 1.84. The van der Waals surface area contributed by atoms with Gasteiger partial charge in [0.25, 0.3) is 0 Å². The zero-order valence-corrected chi connectivity index (χ0v) is 13.3. The summed E-state index contributed by atoms with van der Waals surface area (Å²) >= 11 is 0. The molecule has 0 saturated heterocycles. The van der Waals surface area contributed by atoms with E-state index in [1.165, 1.54) is 0 Å². The van der Waals surface area contributed by atoms with Crippen LogP contribution in [0.2, 0.25) is 6.04 Å². The first-order valence-electron chi connectivity index (χ1n) is 6.51. The number of hydrogen-bond acceptors (Lipinski definition) is 5. The lowest BCUT2D eigenvalue weighted by Gasteiger charge is -2.24. The van der Waals surface area contributed by atoms with Gasteiger partial charge in [-0.05, 0) is 12.0 Å². The third-order valence-corrected chi connectivity index (χ3v) is 5.85. The fourth-order valence-corrected chi connectivity index (χ4v) is 3.53. The molecule has 0 aromatic heterocycles. The largest absolute Gasteiger partial charge is 0.500 e. The first kappa shape index (κ1) is 16.8. The zero-order chi connectivity index (χ0) is 14.8. The van der Waals surface area contributed by atoms with Gasteiger partial charge in [0.1, 0.15) is 0 Å². The molecule has 0 saturated carbocycles. The second kappa shape index (κ2) is 8.86. The number of benzene rings is 1. The highest BCUT2D eigenvalue weighted by Gasteiger charge is 2.36. The van der Waals surface area contributed by atoms with Crippen LogP contribution in [0.4, 0.5) is 0 Å². The average Bonchev–Trinajstić information content (AvgIpc) is 2.49. The lowest BCUT2D eigenvalue weighted by atomic mass is 10.2. The van der Waals surface area contributed by atoms with Crippen molar-refractivity contribution >= 4 is 14.8 Å². The van der Waals surface area contributed by atoms with E-state index in [2.05, 4.69) is 0 Å². The molecular formula is C14H22O5Si. The van der Waals surface area contributed by atoms with Crippen LogP contribution >= 0.6 is 0 Å². The highest BCUT2D eigenvalue weighted by molar-refractivity contribution is 6.60. The fraction of sp³-hybridized carbons (Fsp3) is 0.500. The molecule has 6 heteroatoms. The predicted molar refractivity (Wildman–Crippen MR) is 77.3 cm³/mol. The monoisotopic (exact) mass is 298 g/mol. The molecule has 112 valence electrons. The summed E-state index contributed by atoms with van der Waals surface area (Å²) in [6.45, 7) is 0.344. The minimum absolute atomic E-state index is 0.226. The van der Waals surface area contributed by atoms with Crippen LogP contribution in [0.15, 0.2) is 30.3 Å². The quantitative estimate of drug-likeness (QED) is 0.397. The van der Waals surface area contributed by atoms with E-state index in [1.54, 1.807) is 21.3 Å². The first-order valence-corrected chi connectivity index (χ1v) is 8.44. The average molecular weight is 298 g/mol. The molecule has 0 aliphatic heterocycles. The molecule has 0 amide bonds. The highest BCUT2D eigenvalue weighted by Crippen LogP contribution is 2.14. The maximum Gasteiger partial charge on any atom is 0.500 e. The molecule has 0 atom stereocenters. The Bertz CT molecular complexity index is 384. The zero-order valence-electron chi connectivity index (χ0n) is 12.3. The van der Waals surface area contributed by atoms with Crippen molar-refractivity contribution in [2.24, 2.45) is 0 Å². The highest BCUT2D eigenvalue weighted by atomic mass is 28.4. The van der Waals surface area contributed by atoms with Crippen molar-refractivity contribution in [3.05, 3.63) is 35.9 Å². The molecule has 1 aromatic carbocycles. The van der Waals surface area contributed by atoms with E-state index < -0.39 is 8.80 Å². The maximum atomic E-state index is 11.6. The van der Waals surface area contributed by atoms with Crippen molar-refractivity contribution in [2.75, 3.05) is 27.9 Å². The van der Waals surface area contributed by atoms with Gasteiger partial charge < -0.3 is 18.0 Å². The molecule has 1 aromatic rings. The number of rotatable bonds is 9. The molecule has 0 heterocycles. The van der Waals surface area contributed by atoms with E-state index in [-0.39, 0.29) is 5.97 Å². The summed E-state index contributed by atoms with van der Waals surface area (Å²) in [5.74, 6) is -0.226. The Morgan fingerprint density at radius 2 is 1.65 bits per heavy atom. The van der Waals surface area contributed by atoms with E-state index in [0.717, 1.165) is 5.56 Å². The summed E-state index contributed by atoms with van der Waals surface area (Å²) in [6, 6.07) is 10.1. The number of esters is 1. The molecule has 0 spiro atoms. The topological polar surface area (TPSA) is 54.0 Å². The molecule has 1 rings (SSSR count). The predicted octanol–water partition coefficient (Wildman–Crippen LogP) is 2.04. The lowest BCUT2D eigenvalue weighted by molar-refractivity contribution is -0.142. The first-order chi connectivity index (χ1) is 9.65. The van der Waals surface area contributed by atoms with Crippen LogP contribution in [0.5, 0.6) is 0 Å². The second-order valence-corrected chi connectivity index (χ2v) is 7.37. The SMILES string of the molecule is CO[Si](CCCOC(=O)Cc1ccccc1)(OC)OC. The molecule has 0 unspecified atom stereocenters. The van der Waals surface area contributed by atoms with E-state index in [4.69, 9.17) is 18.0 Å². The van der Waals surface area contributed by atoms with Gasteiger partial charge in [-0.25, -0.2) is 0 Å². The molecule has 0 N–H and O–H groups in total. The van der Waals surface area contributed by atoms with Gasteiger partial charge in [-0.1, -0.05) is 30.3 Å². The maximum absolute atomic E-state index is 11.6. The van der Waals surface area contributed by atoms with E-state index in [9.17, 15) is 4.79 Å². The van der Waals surface area contributed by atoms with Gasteiger partial charge in [-0.2, -0.15) is 0 Å². The van der Waals surface area contributed by atoms with Gasteiger partial charge in [0, 0.05) is 27.4 Å². The van der Waals surface area contributed by atoms with Gasteiger partial charge in [-0.15, -0.1) is 0 Å². The summed E-state index contributed by atoms with van der Waals surface area (Å²) in [7, 11) is 2.16. The van der Waals surface area contributed by atoms with Crippen molar-refractivity contribution < 1.29 is 22.8 Å². The van der Waals surface area contributed by atoms with Crippen LogP contribution in [0.25, 0.3) is 0 Å². The van der Waals surface area contributed by atoms with Gasteiger partial charge in [0.05, 0.1) is 13.0 Å². The second-order valence-electron chi connectivity index (χ2n) is 4.28. The van der Waals surface area contributed by atoms with Crippen LogP contribution in [0, 0.1) is 0 Å². The van der Waals surface area contributed by atoms with Crippen molar-refractivity contribution in [2.45, 2.75) is 18.9 Å². The van der Waals surface area contributed by atoms with Gasteiger partial charge in [-0.3, -0.25) is 4.79 Å². The molecule has 0 bridgehead atoms. The standard InChI is InChI=1S/C14H22O5Si/c1-16-20(17-2,18-3)11-7-10-19-14(15)12-13-8-5-4-6-9-13/h4-6,8-9H,7,10-12H2,1-3H3. The Kier molecular flexibility index (Phi) is 7.46. The van der Waals surface area contributed by atoms with Gasteiger partial charge in [0.2, 0.25) is 0 Å². The molecule has 0 aliphatic carbocycles. The van der Waals surface area contributed by atoms with Crippen LogP contribution in [0.3, 0.4) is 0 Å². The van der Waals surface area contributed by atoms with Crippen molar-refractivity contribution in [3.63, 3.8) is 0 Å². The van der Waals surface area contributed by atoms with Gasteiger partial charge >= 0.3 is 14.8 Å². The summed E-state index contributed by atoms with van der Waals surface area (Å²) in [5, 5.41) is 0. The Hall–Kier alpha value is -1.21. The van der Waals surface area contributed by atoms with Crippen LogP contribution in [0.1, 0.15) is 12.0 Å². The summed E-state index contributed by atoms with van der Waals surface area (Å²) in [4.78, 5) is 11.6. The Morgan fingerprint density at radius 1 is 1.05 bits per heavy atom. The van der Waals surface area contributed by atoms with E-state index in [0.29, 0.717) is 25.5 Å². The molecule has 0 radical (unpaired) electrons. The summed E-state index contributed by atoms with van der Waals surface area (Å²) < 4.78 is 21.1. The smallest absolute Gasteiger partial charge is 0.465 e. The van der Waals surface area contributed by atoms with E-state index >= 15 is 0 Å². The van der Waals surface area contributed by atoms with Crippen molar-refractivity contribution in [1.82, 2.24) is 0 Å². The third kappa shape index (κ3) is 5.42. The van der Waals surface area contributed by atoms with Crippen LogP contribution in [-0.4, -0.2) is 42.7 Å². The normalized spacial score (nSPS) is 11.3. The molecule has 0 aliphatic rings. The Balaban J connectivity index is 2.25. The molecule has 5 nitrogen and oxygen atoms in total. The van der Waals surface area contributed by atoms with Crippen LogP contribution in [-0.2, 0) is 29.2 Å². The number of carbonyl (C=O) groups is 1. The Labute approximate surface area is 121 Å².